The number of rotatable bonds is 4. The minimum Gasteiger partial charge on any atom is -0.331 e. The van der Waals surface area contributed by atoms with Crippen molar-refractivity contribution in [3.05, 3.63) is 96.3 Å². The Morgan fingerprint density at radius 3 is 2.46 bits per heavy atom. The maximum Gasteiger partial charge on any atom is 0.0949 e. The fourth-order valence-corrected chi connectivity index (χ4v) is 3.54. The zero-order valence-electron chi connectivity index (χ0n) is 15.1. The molecule has 0 unspecified atom stereocenters. The van der Waals surface area contributed by atoms with E-state index in [1.54, 1.807) is 6.20 Å². The number of nitrogens with zero attached hydrogens (tertiary/aromatic N) is 3. The molecule has 0 radical (unpaired) electrons. The molecule has 0 spiro atoms. The van der Waals surface area contributed by atoms with Gasteiger partial charge < -0.3 is 4.57 Å². The number of aryl methyl sites for hydroxylation is 1. The van der Waals surface area contributed by atoms with E-state index in [9.17, 15) is 0 Å². The highest BCUT2D eigenvalue weighted by Crippen LogP contribution is 2.35. The van der Waals surface area contributed by atoms with Crippen molar-refractivity contribution >= 4 is 0 Å². The molecule has 4 rings (SSSR count). The topological polar surface area (TPSA) is 30.7 Å². The highest BCUT2D eigenvalue weighted by atomic mass is 15.0. The second-order valence-corrected chi connectivity index (χ2v) is 6.53. The van der Waals surface area contributed by atoms with E-state index in [0.29, 0.717) is 6.54 Å². The summed E-state index contributed by atoms with van der Waals surface area (Å²) in [5.74, 6) is 0. The summed E-state index contributed by atoms with van der Waals surface area (Å²) in [6.07, 6.45) is 7.47. The van der Waals surface area contributed by atoms with Crippen LogP contribution in [0.5, 0.6) is 0 Å². The van der Waals surface area contributed by atoms with Crippen LogP contribution in [0.1, 0.15) is 16.8 Å². The van der Waals surface area contributed by atoms with Crippen molar-refractivity contribution in [3.63, 3.8) is 0 Å². The number of pyridine rings is 1. The lowest BCUT2D eigenvalue weighted by molar-refractivity contribution is 0.775. The van der Waals surface area contributed by atoms with Crippen molar-refractivity contribution in [3.8, 4) is 22.3 Å². The molecule has 2 aromatic carbocycles. The Morgan fingerprint density at radius 2 is 1.69 bits per heavy atom. The average molecular weight is 339 g/mol. The van der Waals surface area contributed by atoms with E-state index in [0.717, 1.165) is 5.69 Å². The quantitative estimate of drug-likeness (QED) is 0.506. The van der Waals surface area contributed by atoms with Gasteiger partial charge in [0.25, 0.3) is 0 Å². The van der Waals surface area contributed by atoms with E-state index in [2.05, 4.69) is 76.9 Å². The lowest BCUT2D eigenvalue weighted by Gasteiger charge is -2.17. The van der Waals surface area contributed by atoms with Gasteiger partial charge in [0, 0.05) is 24.2 Å². The first-order valence-electron chi connectivity index (χ1n) is 8.79. The van der Waals surface area contributed by atoms with Gasteiger partial charge in [0.2, 0.25) is 0 Å². The summed E-state index contributed by atoms with van der Waals surface area (Å²) in [4.78, 5) is 8.81. The summed E-state index contributed by atoms with van der Waals surface area (Å²) >= 11 is 0. The molecule has 3 nitrogen and oxygen atoms in total. The Morgan fingerprint density at radius 1 is 0.846 bits per heavy atom. The Kier molecular flexibility index (Phi) is 4.36. The van der Waals surface area contributed by atoms with Crippen molar-refractivity contribution in [2.75, 3.05) is 0 Å². The summed E-state index contributed by atoms with van der Waals surface area (Å²) in [5, 5.41) is 0. The van der Waals surface area contributed by atoms with Gasteiger partial charge in [-0.1, -0.05) is 48.5 Å². The highest BCUT2D eigenvalue weighted by molar-refractivity contribution is 5.81. The van der Waals surface area contributed by atoms with Crippen LogP contribution in [0.2, 0.25) is 0 Å². The molecule has 128 valence electrons. The maximum atomic E-state index is 4.67. The number of aromatic nitrogens is 3. The third-order valence-electron chi connectivity index (χ3n) is 4.81. The highest BCUT2D eigenvalue weighted by Gasteiger charge is 2.15. The Balaban J connectivity index is 1.86. The standard InChI is InChI=1S/C23H21N3/c1-17-10-11-20(19-7-4-3-5-8-19)18(2)23(17)21-9-6-12-25-22(21)15-26-14-13-24-16-26/h3-14,16H,15H2,1-2H3. The average Bonchev–Trinajstić information content (AvgIpc) is 3.17. The third-order valence-corrected chi connectivity index (χ3v) is 4.81. The normalized spacial score (nSPS) is 10.8. The van der Waals surface area contributed by atoms with Gasteiger partial charge in [-0.25, -0.2) is 4.98 Å². The molecule has 0 N–H and O–H groups in total. The lowest BCUT2D eigenvalue weighted by atomic mass is 9.89. The molecule has 4 aromatic rings. The molecule has 0 saturated heterocycles. The third kappa shape index (κ3) is 3.04. The van der Waals surface area contributed by atoms with Crippen molar-refractivity contribution in [1.29, 1.82) is 0 Å². The number of hydrogen-bond acceptors (Lipinski definition) is 2. The minimum absolute atomic E-state index is 0.713. The van der Waals surface area contributed by atoms with Gasteiger partial charge in [0.1, 0.15) is 0 Å². The van der Waals surface area contributed by atoms with E-state index in [1.807, 2.05) is 24.8 Å². The van der Waals surface area contributed by atoms with Gasteiger partial charge in [-0.15, -0.1) is 0 Å². The van der Waals surface area contributed by atoms with Crippen LogP contribution < -0.4 is 0 Å². The molecule has 0 atom stereocenters. The van der Waals surface area contributed by atoms with Crippen LogP contribution in [0, 0.1) is 13.8 Å². The first-order chi connectivity index (χ1) is 12.7. The van der Waals surface area contributed by atoms with Crippen molar-refractivity contribution < 1.29 is 0 Å². The van der Waals surface area contributed by atoms with Crippen LogP contribution in [0.25, 0.3) is 22.3 Å². The van der Waals surface area contributed by atoms with Crippen LogP contribution in [-0.4, -0.2) is 14.5 Å². The lowest BCUT2D eigenvalue weighted by Crippen LogP contribution is -2.03. The summed E-state index contributed by atoms with van der Waals surface area (Å²) in [5.41, 5.74) is 8.58. The number of hydrogen-bond donors (Lipinski definition) is 0. The molecule has 2 heterocycles. The van der Waals surface area contributed by atoms with Crippen LogP contribution in [0.4, 0.5) is 0 Å². The SMILES string of the molecule is Cc1ccc(-c2ccccc2)c(C)c1-c1cccnc1Cn1ccnc1. The van der Waals surface area contributed by atoms with Gasteiger partial charge in [0.05, 0.1) is 18.6 Å². The van der Waals surface area contributed by atoms with Crippen LogP contribution in [-0.2, 0) is 6.54 Å². The first-order valence-corrected chi connectivity index (χ1v) is 8.79. The molecule has 0 saturated carbocycles. The number of imidazole rings is 1. The van der Waals surface area contributed by atoms with Crippen molar-refractivity contribution in [2.24, 2.45) is 0 Å². The Labute approximate surface area is 154 Å². The van der Waals surface area contributed by atoms with Gasteiger partial charge in [-0.05, 0) is 47.7 Å². The monoisotopic (exact) mass is 339 g/mol. The predicted molar refractivity (Wildman–Crippen MR) is 106 cm³/mol. The van der Waals surface area contributed by atoms with Crippen LogP contribution in [0.15, 0.2) is 79.5 Å². The fourth-order valence-electron chi connectivity index (χ4n) is 3.54. The van der Waals surface area contributed by atoms with Gasteiger partial charge in [-0.3, -0.25) is 4.98 Å². The molecule has 3 heteroatoms. The molecule has 2 aromatic heterocycles. The van der Waals surface area contributed by atoms with Gasteiger partial charge in [-0.2, -0.15) is 0 Å². The van der Waals surface area contributed by atoms with Crippen LogP contribution >= 0.6 is 0 Å². The van der Waals surface area contributed by atoms with Crippen molar-refractivity contribution in [2.45, 2.75) is 20.4 Å². The Hall–Kier alpha value is -3.20. The second kappa shape index (κ2) is 6.96. The Bertz CT molecular complexity index is 1020. The largest absolute Gasteiger partial charge is 0.331 e. The maximum absolute atomic E-state index is 4.67. The summed E-state index contributed by atoms with van der Waals surface area (Å²) in [7, 11) is 0. The molecule has 0 aliphatic heterocycles. The zero-order valence-corrected chi connectivity index (χ0v) is 15.1. The number of benzene rings is 2. The fraction of sp³-hybridized carbons (Fsp3) is 0.130. The molecular formula is C23H21N3. The van der Waals surface area contributed by atoms with E-state index in [1.165, 1.54) is 33.4 Å². The molecule has 0 amide bonds. The molecule has 0 fully saturated rings. The molecule has 26 heavy (non-hydrogen) atoms. The van der Waals surface area contributed by atoms with Gasteiger partial charge in [0.15, 0.2) is 0 Å². The summed E-state index contributed by atoms with van der Waals surface area (Å²) < 4.78 is 2.05. The molecular weight excluding hydrogens is 318 g/mol. The molecule has 0 aliphatic rings. The zero-order chi connectivity index (χ0) is 17.9. The summed E-state index contributed by atoms with van der Waals surface area (Å²) in [6.45, 7) is 5.09. The predicted octanol–water partition coefficient (Wildman–Crippen LogP) is 5.28. The molecule has 0 bridgehead atoms. The van der Waals surface area contributed by atoms with Crippen LogP contribution in [0.3, 0.4) is 0 Å². The van der Waals surface area contributed by atoms with E-state index in [4.69, 9.17) is 0 Å². The van der Waals surface area contributed by atoms with Gasteiger partial charge >= 0.3 is 0 Å². The first kappa shape index (κ1) is 16.3. The second-order valence-electron chi connectivity index (χ2n) is 6.53. The van der Waals surface area contributed by atoms with E-state index >= 15 is 0 Å². The van der Waals surface area contributed by atoms with E-state index < -0.39 is 0 Å². The summed E-state index contributed by atoms with van der Waals surface area (Å²) in [6, 6.07) is 19.2. The molecule has 0 aliphatic carbocycles. The van der Waals surface area contributed by atoms with E-state index in [-0.39, 0.29) is 0 Å². The smallest absolute Gasteiger partial charge is 0.0949 e. The van der Waals surface area contributed by atoms with Crippen molar-refractivity contribution in [1.82, 2.24) is 14.5 Å². The minimum atomic E-state index is 0.713.